The minimum Gasteiger partial charge on any atom is -0.488 e. The maximum Gasteiger partial charge on any atom is 0.251 e. The molecular formula is C15H19F2NO. The van der Waals surface area contributed by atoms with Gasteiger partial charge in [-0.25, -0.2) is 8.78 Å². The number of aryl methyl sites for hydroxylation is 1. The lowest BCUT2D eigenvalue weighted by Gasteiger charge is -2.39. The molecule has 0 amide bonds. The highest BCUT2D eigenvalue weighted by Gasteiger charge is 2.56. The van der Waals surface area contributed by atoms with E-state index >= 15 is 0 Å². The van der Waals surface area contributed by atoms with E-state index in [1.807, 2.05) is 31.2 Å². The van der Waals surface area contributed by atoms with Crippen molar-refractivity contribution in [2.24, 2.45) is 5.92 Å². The van der Waals surface area contributed by atoms with Gasteiger partial charge in [0.15, 0.2) is 0 Å². The predicted octanol–water partition coefficient (Wildman–Crippen LogP) is 3.10. The summed E-state index contributed by atoms with van der Waals surface area (Å²) in [6, 6.07) is 8.01. The smallest absolute Gasteiger partial charge is 0.251 e. The molecule has 2 aliphatic rings. The van der Waals surface area contributed by atoms with Crippen molar-refractivity contribution in [2.45, 2.75) is 31.8 Å². The first kappa shape index (κ1) is 12.9. The van der Waals surface area contributed by atoms with Crippen LogP contribution in [0.2, 0.25) is 0 Å². The normalized spacial score (nSPS) is 25.9. The Kier molecular flexibility index (Phi) is 3.21. The number of rotatable bonds is 5. The van der Waals surface area contributed by atoms with Crippen LogP contribution in [0.15, 0.2) is 24.3 Å². The number of hydrogen-bond donors (Lipinski definition) is 0. The summed E-state index contributed by atoms with van der Waals surface area (Å²) >= 11 is 0. The van der Waals surface area contributed by atoms with E-state index in [0.717, 1.165) is 25.4 Å². The average molecular weight is 267 g/mol. The summed E-state index contributed by atoms with van der Waals surface area (Å²) in [7, 11) is 0. The lowest BCUT2D eigenvalue weighted by atomic mass is 10.1. The molecule has 0 radical (unpaired) electrons. The van der Waals surface area contributed by atoms with Crippen molar-refractivity contribution in [2.75, 3.05) is 19.6 Å². The van der Waals surface area contributed by atoms with Gasteiger partial charge in [-0.15, -0.1) is 0 Å². The monoisotopic (exact) mass is 267 g/mol. The number of likely N-dealkylation sites (tertiary alicyclic amines) is 1. The number of benzene rings is 1. The number of alkyl halides is 2. The molecule has 4 heteroatoms. The topological polar surface area (TPSA) is 12.5 Å². The number of nitrogens with zero attached hydrogens (tertiary/aromatic N) is 1. The average Bonchev–Trinajstić information content (AvgIpc) is 2.92. The quantitative estimate of drug-likeness (QED) is 0.813. The third kappa shape index (κ3) is 3.06. The van der Waals surface area contributed by atoms with Crippen molar-refractivity contribution < 1.29 is 13.5 Å². The van der Waals surface area contributed by atoms with E-state index in [2.05, 4.69) is 4.90 Å². The minimum absolute atomic E-state index is 0.0874. The molecule has 1 aromatic rings. The summed E-state index contributed by atoms with van der Waals surface area (Å²) < 4.78 is 31.3. The summed E-state index contributed by atoms with van der Waals surface area (Å²) in [6.07, 6.45) is 0.913. The zero-order chi connectivity index (χ0) is 13.5. The van der Waals surface area contributed by atoms with Crippen LogP contribution < -0.4 is 4.74 Å². The molecule has 1 heterocycles. The number of ether oxygens (including phenoxy) is 1. The van der Waals surface area contributed by atoms with Gasteiger partial charge in [0.25, 0.3) is 5.92 Å². The summed E-state index contributed by atoms with van der Waals surface area (Å²) in [5.74, 6) is -1.85. The van der Waals surface area contributed by atoms with Gasteiger partial charge in [-0.2, -0.15) is 0 Å². The highest BCUT2D eigenvalue weighted by molar-refractivity contribution is 5.26. The second kappa shape index (κ2) is 4.75. The van der Waals surface area contributed by atoms with Gasteiger partial charge in [-0.05, 0) is 32.0 Å². The van der Waals surface area contributed by atoms with Crippen LogP contribution in [0.25, 0.3) is 0 Å². The predicted molar refractivity (Wildman–Crippen MR) is 69.7 cm³/mol. The lowest BCUT2D eigenvalue weighted by Crippen LogP contribution is -2.53. The van der Waals surface area contributed by atoms with Gasteiger partial charge in [0.2, 0.25) is 0 Å². The molecule has 1 saturated carbocycles. The molecule has 104 valence electrons. The highest BCUT2D eigenvalue weighted by atomic mass is 19.3. The summed E-state index contributed by atoms with van der Waals surface area (Å²) in [5.41, 5.74) is 1.22. The van der Waals surface area contributed by atoms with Crippen LogP contribution in [0.3, 0.4) is 0 Å². The van der Waals surface area contributed by atoms with Gasteiger partial charge >= 0.3 is 0 Å². The van der Waals surface area contributed by atoms with Gasteiger partial charge in [0, 0.05) is 25.4 Å². The van der Waals surface area contributed by atoms with E-state index in [0.29, 0.717) is 6.42 Å². The molecule has 19 heavy (non-hydrogen) atoms. The first-order valence-electron chi connectivity index (χ1n) is 6.86. The van der Waals surface area contributed by atoms with Crippen molar-refractivity contribution in [1.82, 2.24) is 4.90 Å². The van der Waals surface area contributed by atoms with Crippen LogP contribution in [-0.4, -0.2) is 36.6 Å². The lowest BCUT2D eigenvalue weighted by molar-refractivity contribution is 0.0150. The Bertz CT molecular complexity index is 440. The van der Waals surface area contributed by atoms with Crippen molar-refractivity contribution in [1.29, 1.82) is 0 Å². The molecule has 0 spiro atoms. The first-order valence-corrected chi connectivity index (χ1v) is 6.86. The third-order valence-electron chi connectivity index (χ3n) is 4.00. The Morgan fingerprint density at radius 1 is 1.26 bits per heavy atom. The van der Waals surface area contributed by atoms with Crippen molar-refractivity contribution in [3.05, 3.63) is 29.8 Å². The molecule has 1 aliphatic carbocycles. The van der Waals surface area contributed by atoms with Crippen molar-refractivity contribution in [3.63, 3.8) is 0 Å². The fraction of sp³-hybridized carbons (Fsp3) is 0.600. The van der Waals surface area contributed by atoms with Gasteiger partial charge in [-0.3, -0.25) is 4.90 Å². The minimum atomic E-state index is -2.37. The van der Waals surface area contributed by atoms with Crippen molar-refractivity contribution in [3.8, 4) is 5.75 Å². The molecule has 0 N–H and O–H groups in total. The zero-order valence-corrected chi connectivity index (χ0v) is 11.1. The Labute approximate surface area is 112 Å². The number of hydrogen-bond acceptors (Lipinski definition) is 2. The maximum absolute atomic E-state index is 12.7. The largest absolute Gasteiger partial charge is 0.488 e. The van der Waals surface area contributed by atoms with Gasteiger partial charge < -0.3 is 4.74 Å². The molecule has 0 aromatic heterocycles. The van der Waals surface area contributed by atoms with Gasteiger partial charge in [-0.1, -0.05) is 17.7 Å². The van der Waals surface area contributed by atoms with E-state index < -0.39 is 5.92 Å². The van der Waals surface area contributed by atoms with Gasteiger partial charge in [0.05, 0.1) is 0 Å². The van der Waals surface area contributed by atoms with Crippen LogP contribution in [0.5, 0.6) is 5.75 Å². The third-order valence-corrected chi connectivity index (χ3v) is 4.00. The maximum atomic E-state index is 12.7. The summed E-state index contributed by atoms with van der Waals surface area (Å²) in [5, 5.41) is 0. The number of halogens is 2. The highest BCUT2D eigenvalue weighted by Crippen LogP contribution is 2.50. The molecule has 1 atom stereocenters. The van der Waals surface area contributed by atoms with Crippen LogP contribution >= 0.6 is 0 Å². The summed E-state index contributed by atoms with van der Waals surface area (Å²) in [6.45, 7) is 4.52. The van der Waals surface area contributed by atoms with E-state index in [9.17, 15) is 8.78 Å². The van der Waals surface area contributed by atoms with Crippen LogP contribution in [0.1, 0.15) is 18.4 Å². The summed E-state index contributed by atoms with van der Waals surface area (Å²) in [4.78, 5) is 2.19. The first-order chi connectivity index (χ1) is 9.03. The van der Waals surface area contributed by atoms with Crippen LogP contribution in [0.4, 0.5) is 8.78 Å². The van der Waals surface area contributed by atoms with E-state index in [4.69, 9.17) is 4.74 Å². The Hall–Kier alpha value is -1.16. The Morgan fingerprint density at radius 2 is 1.89 bits per heavy atom. The second-order valence-corrected chi connectivity index (χ2v) is 5.76. The second-order valence-electron chi connectivity index (χ2n) is 5.76. The molecule has 0 bridgehead atoms. The van der Waals surface area contributed by atoms with Gasteiger partial charge in [0.1, 0.15) is 11.9 Å². The van der Waals surface area contributed by atoms with E-state index in [1.54, 1.807) is 0 Å². The standard InChI is InChI=1S/C15H19F2NO/c1-11-2-4-13(5-3-11)19-14-9-18(10-14)7-6-12-8-15(12,16)17/h2-5,12,14H,6-10H2,1H3. The molecule has 1 unspecified atom stereocenters. The molecule has 1 aromatic carbocycles. The fourth-order valence-electron chi connectivity index (χ4n) is 2.51. The molecule has 1 saturated heterocycles. The molecule has 2 fully saturated rings. The molecule has 1 aliphatic heterocycles. The Morgan fingerprint density at radius 3 is 2.47 bits per heavy atom. The van der Waals surface area contributed by atoms with E-state index in [-0.39, 0.29) is 18.4 Å². The molecule has 3 rings (SSSR count). The SMILES string of the molecule is Cc1ccc(OC2CN(CCC3CC3(F)F)C2)cc1. The zero-order valence-electron chi connectivity index (χ0n) is 11.1. The Balaban J connectivity index is 1.35. The fourth-order valence-corrected chi connectivity index (χ4v) is 2.51. The molecule has 2 nitrogen and oxygen atoms in total. The van der Waals surface area contributed by atoms with E-state index in [1.165, 1.54) is 5.56 Å². The van der Waals surface area contributed by atoms with Crippen LogP contribution in [0, 0.1) is 12.8 Å². The van der Waals surface area contributed by atoms with Crippen molar-refractivity contribution >= 4 is 0 Å². The van der Waals surface area contributed by atoms with Crippen LogP contribution in [-0.2, 0) is 0 Å². The molecular weight excluding hydrogens is 248 g/mol.